The van der Waals surface area contributed by atoms with Crippen LogP contribution in [0.1, 0.15) is 0 Å². The second-order valence-electron chi connectivity index (χ2n) is 16.4. The molecule has 0 saturated heterocycles. The van der Waals surface area contributed by atoms with E-state index in [0.29, 0.717) is 11.4 Å². The molecule has 302 valence electrons. The average Bonchev–Trinajstić information content (AvgIpc) is 3.94. The van der Waals surface area contributed by atoms with Crippen molar-refractivity contribution in [2.45, 2.75) is 0 Å². The van der Waals surface area contributed by atoms with E-state index in [1.807, 2.05) is 6.20 Å². The van der Waals surface area contributed by atoms with Gasteiger partial charge in [0, 0.05) is 21.7 Å². The first-order valence-electron chi connectivity index (χ1n) is 21.7. The van der Waals surface area contributed by atoms with E-state index in [1.165, 1.54) is 41.5 Å². The van der Waals surface area contributed by atoms with Gasteiger partial charge in [-0.15, -0.1) is 0 Å². The van der Waals surface area contributed by atoms with Crippen molar-refractivity contribution in [2.24, 2.45) is 0 Å². The van der Waals surface area contributed by atoms with Crippen molar-refractivity contribution in [3.05, 3.63) is 243 Å². The maximum Gasteiger partial charge on any atom is 0.179 e. The molecule has 12 rings (SSSR count). The summed E-state index contributed by atoms with van der Waals surface area (Å²) in [4.78, 5) is 10.2. The fourth-order valence-electron chi connectivity index (χ4n) is 10.2. The van der Waals surface area contributed by atoms with Gasteiger partial charge >= 0.3 is 0 Å². The minimum Gasteiger partial charge on any atom is -0.456 e. The summed E-state index contributed by atoms with van der Waals surface area (Å²) in [5.41, 5.74) is 4.82. The quantitative estimate of drug-likeness (QED) is 0.108. The van der Waals surface area contributed by atoms with Crippen molar-refractivity contribution < 1.29 is 8.83 Å². The van der Waals surface area contributed by atoms with Gasteiger partial charge in [0.1, 0.15) is 22.3 Å². The molecule has 64 heavy (non-hydrogen) atoms. The summed E-state index contributed by atoms with van der Waals surface area (Å²) in [6.45, 7) is 0. The highest BCUT2D eigenvalue weighted by molar-refractivity contribution is 7.20. The number of rotatable bonds is 9. The minimum absolute atomic E-state index is 0.632. The molecular weight excluding hydrogens is 813 g/mol. The molecule has 3 aromatic heterocycles. The van der Waals surface area contributed by atoms with Gasteiger partial charge in [-0.1, -0.05) is 200 Å². The Morgan fingerprint density at radius 2 is 0.641 bits per heavy atom. The Morgan fingerprint density at radius 1 is 0.297 bits per heavy atom. The number of hydrogen-bond acceptors (Lipinski definition) is 4. The Morgan fingerprint density at radius 3 is 1.06 bits per heavy atom. The van der Waals surface area contributed by atoms with Crippen molar-refractivity contribution in [3.63, 3.8) is 0 Å². The number of furan rings is 2. The number of hydrogen-bond donors (Lipinski definition) is 0. The maximum absolute atomic E-state index is 6.56. The molecule has 6 heteroatoms. The summed E-state index contributed by atoms with van der Waals surface area (Å²) in [6, 6.07) is 85.9. The van der Waals surface area contributed by atoms with E-state index in [0.717, 1.165) is 44.0 Å². The van der Waals surface area contributed by atoms with E-state index in [9.17, 15) is 0 Å². The smallest absolute Gasteiger partial charge is 0.179 e. The van der Waals surface area contributed by atoms with Gasteiger partial charge in [-0.05, 0) is 77.9 Å². The molecule has 0 aliphatic carbocycles. The van der Waals surface area contributed by atoms with Crippen LogP contribution in [0.5, 0.6) is 0 Å². The van der Waals surface area contributed by atoms with Crippen LogP contribution in [0.25, 0.3) is 55.4 Å². The van der Waals surface area contributed by atoms with Crippen LogP contribution in [0.2, 0.25) is 0 Å². The highest BCUT2D eigenvalue weighted by atomic mass is 28.3. The van der Waals surface area contributed by atoms with Crippen LogP contribution in [0.3, 0.4) is 0 Å². The Bertz CT molecular complexity index is 3160. The monoisotopic (exact) mass is 852 g/mol. The second-order valence-corrected chi connectivity index (χ2v) is 24.1. The standard InChI is InChI=1S/C58H40N2O2Si2/c1-7-19-42(20-8-1)63(43-21-9-2-10-22-43,44-23-11-3-12-24-44)48-32-35-54-51(38-48)50-37-41(31-34-53(50)61-54)58-59-40-56-57(60-58)52-39-49(33-36-55(52)62-56)64(45-25-13-4-14-26-45,46-27-15-5-16-28-46)47-29-17-6-18-30-47/h1-40H. The van der Waals surface area contributed by atoms with Crippen LogP contribution in [-0.4, -0.2) is 26.1 Å². The van der Waals surface area contributed by atoms with Gasteiger partial charge in [0.25, 0.3) is 0 Å². The molecule has 0 N–H and O–H groups in total. The van der Waals surface area contributed by atoms with Crippen molar-refractivity contribution >= 4 is 102 Å². The van der Waals surface area contributed by atoms with E-state index in [2.05, 4.69) is 237 Å². The third-order valence-electron chi connectivity index (χ3n) is 13.0. The van der Waals surface area contributed by atoms with Crippen LogP contribution in [-0.2, 0) is 0 Å². The lowest BCUT2D eigenvalue weighted by Gasteiger charge is -2.34. The van der Waals surface area contributed by atoms with Crippen LogP contribution in [0.4, 0.5) is 0 Å². The molecule has 0 aliphatic heterocycles. The molecule has 0 fully saturated rings. The first-order valence-corrected chi connectivity index (χ1v) is 25.7. The predicted molar refractivity (Wildman–Crippen MR) is 269 cm³/mol. The third kappa shape index (κ3) is 5.95. The van der Waals surface area contributed by atoms with Gasteiger partial charge in [-0.25, -0.2) is 9.97 Å². The molecule has 12 aromatic rings. The van der Waals surface area contributed by atoms with Crippen LogP contribution in [0.15, 0.2) is 252 Å². The fourth-order valence-corrected chi connectivity index (χ4v) is 19.8. The first-order chi connectivity index (χ1) is 31.7. The van der Waals surface area contributed by atoms with Crippen molar-refractivity contribution in [2.75, 3.05) is 0 Å². The van der Waals surface area contributed by atoms with Gasteiger partial charge in [0.15, 0.2) is 27.6 Å². The summed E-state index contributed by atoms with van der Waals surface area (Å²) in [5, 5.41) is 13.5. The zero-order chi connectivity index (χ0) is 42.5. The Hall–Kier alpha value is -7.91. The van der Waals surface area contributed by atoms with Gasteiger partial charge in [-0.3, -0.25) is 0 Å². The van der Waals surface area contributed by atoms with E-state index >= 15 is 0 Å². The highest BCUT2D eigenvalue weighted by Gasteiger charge is 2.43. The van der Waals surface area contributed by atoms with Crippen LogP contribution in [0, 0.1) is 0 Å². The Kier molecular flexibility index (Phi) is 9.14. The zero-order valence-corrected chi connectivity index (χ0v) is 36.8. The maximum atomic E-state index is 6.56. The van der Waals surface area contributed by atoms with Crippen LogP contribution < -0.4 is 41.5 Å². The SMILES string of the molecule is c1ccc([Si](c2ccccc2)(c2ccccc2)c2ccc3oc4ccc(-c5ncc6oc7ccc([Si](c8ccccc8)(c8ccccc8)c8ccccc8)cc7c6n5)cc4c3c2)cc1. The van der Waals surface area contributed by atoms with E-state index in [-0.39, 0.29) is 0 Å². The molecule has 9 aromatic carbocycles. The lowest BCUT2D eigenvalue weighted by Crippen LogP contribution is -2.74. The summed E-state index contributed by atoms with van der Waals surface area (Å²) in [6.07, 6.45) is 1.82. The van der Waals surface area contributed by atoms with Crippen molar-refractivity contribution in [1.29, 1.82) is 0 Å². The molecule has 3 heterocycles. The summed E-state index contributed by atoms with van der Waals surface area (Å²) >= 11 is 0. The van der Waals surface area contributed by atoms with E-state index in [1.54, 1.807) is 0 Å². The van der Waals surface area contributed by atoms with Crippen molar-refractivity contribution in [1.82, 2.24) is 9.97 Å². The molecule has 4 nitrogen and oxygen atoms in total. The molecule has 0 spiro atoms. The molecular formula is C58H40N2O2Si2. The molecule has 0 unspecified atom stereocenters. The first kappa shape index (κ1) is 37.8. The Balaban J connectivity index is 1.03. The van der Waals surface area contributed by atoms with Gasteiger partial charge in [-0.2, -0.15) is 0 Å². The molecule has 0 saturated carbocycles. The van der Waals surface area contributed by atoms with Gasteiger partial charge < -0.3 is 8.83 Å². The average molecular weight is 853 g/mol. The molecule has 0 bridgehead atoms. The minimum atomic E-state index is -2.78. The lowest BCUT2D eigenvalue weighted by atomic mass is 10.1. The summed E-state index contributed by atoms with van der Waals surface area (Å²) in [7, 11) is -5.54. The molecule has 0 aliphatic rings. The summed E-state index contributed by atoms with van der Waals surface area (Å²) in [5.74, 6) is 0.632. The fraction of sp³-hybridized carbons (Fsp3) is 0. The molecule has 0 atom stereocenters. The normalized spacial score (nSPS) is 12.1. The lowest BCUT2D eigenvalue weighted by molar-refractivity contribution is 0.666. The van der Waals surface area contributed by atoms with Gasteiger partial charge in [0.05, 0.1) is 6.20 Å². The largest absolute Gasteiger partial charge is 0.456 e. The topological polar surface area (TPSA) is 52.1 Å². The van der Waals surface area contributed by atoms with E-state index < -0.39 is 16.1 Å². The highest BCUT2D eigenvalue weighted by Crippen LogP contribution is 2.34. The number of nitrogens with zero attached hydrogens (tertiary/aromatic N) is 2. The molecule has 0 radical (unpaired) electrons. The molecule has 0 amide bonds. The van der Waals surface area contributed by atoms with E-state index in [4.69, 9.17) is 18.8 Å². The van der Waals surface area contributed by atoms with Crippen molar-refractivity contribution in [3.8, 4) is 11.4 Å². The Labute approximate surface area is 372 Å². The van der Waals surface area contributed by atoms with Gasteiger partial charge in [0.2, 0.25) is 0 Å². The number of fused-ring (bicyclic) bond motifs is 6. The number of benzene rings is 9. The summed E-state index contributed by atoms with van der Waals surface area (Å²) < 4.78 is 13.0. The van der Waals surface area contributed by atoms with Crippen LogP contribution >= 0.6 is 0 Å². The number of aromatic nitrogens is 2. The third-order valence-corrected chi connectivity index (χ3v) is 22.6. The predicted octanol–water partition coefficient (Wildman–Crippen LogP) is 8.70. The second kappa shape index (κ2) is 15.5. The zero-order valence-electron chi connectivity index (χ0n) is 34.8.